The number of thioether (sulfide) groups is 1. The second-order valence-corrected chi connectivity index (χ2v) is 4.53. The number of fused-ring (bicyclic) bond motifs is 1. The van der Waals surface area contributed by atoms with Gasteiger partial charge < -0.3 is 4.90 Å². The molecular weight excluding hydrogens is 222 g/mol. The van der Waals surface area contributed by atoms with E-state index in [0.717, 1.165) is 5.69 Å². The summed E-state index contributed by atoms with van der Waals surface area (Å²) in [6, 6.07) is 7.32. The van der Waals surface area contributed by atoms with E-state index in [1.165, 1.54) is 11.8 Å². The third kappa shape index (κ3) is 1.97. The Kier molecular flexibility index (Phi) is 3.29. The van der Waals surface area contributed by atoms with Gasteiger partial charge in [0.25, 0.3) is 0 Å². The lowest BCUT2D eigenvalue weighted by Crippen LogP contribution is -2.38. The topological polar surface area (TPSA) is 37.4 Å². The first-order chi connectivity index (χ1) is 7.74. The first-order valence-electron chi connectivity index (χ1n) is 5.15. The summed E-state index contributed by atoms with van der Waals surface area (Å²) < 4.78 is 0. The van der Waals surface area contributed by atoms with Crippen LogP contribution in [0.3, 0.4) is 0 Å². The van der Waals surface area contributed by atoms with Gasteiger partial charge in [-0.05, 0) is 18.4 Å². The van der Waals surface area contributed by atoms with Crippen LogP contribution in [0.25, 0.3) is 0 Å². The lowest BCUT2D eigenvalue weighted by atomic mass is 10.0. The van der Waals surface area contributed by atoms with Crippen molar-refractivity contribution in [3.8, 4) is 0 Å². The van der Waals surface area contributed by atoms with E-state index >= 15 is 0 Å². The summed E-state index contributed by atoms with van der Waals surface area (Å²) in [6.07, 6.45) is 2.33. The molecule has 16 heavy (non-hydrogen) atoms. The van der Waals surface area contributed by atoms with Crippen molar-refractivity contribution in [1.82, 2.24) is 0 Å². The van der Waals surface area contributed by atoms with Gasteiger partial charge in [0.05, 0.1) is 11.4 Å². The number of carbonyl (C=O) groups is 2. The molecule has 1 aromatic rings. The number of hydrogen-bond donors (Lipinski definition) is 0. The van der Waals surface area contributed by atoms with Crippen LogP contribution < -0.4 is 4.90 Å². The van der Waals surface area contributed by atoms with Crippen LogP contribution in [0, 0.1) is 0 Å². The maximum absolute atomic E-state index is 11.9. The Labute approximate surface area is 98.8 Å². The molecule has 4 heteroatoms. The largest absolute Gasteiger partial charge is 0.311 e. The van der Waals surface area contributed by atoms with E-state index in [9.17, 15) is 9.59 Å². The van der Waals surface area contributed by atoms with Crippen LogP contribution in [-0.2, 0) is 4.79 Å². The number of hydrogen-bond acceptors (Lipinski definition) is 3. The zero-order valence-corrected chi connectivity index (χ0v) is 9.92. The van der Waals surface area contributed by atoms with E-state index in [4.69, 9.17) is 0 Å². The third-order valence-corrected chi connectivity index (χ3v) is 3.16. The molecule has 0 N–H and O–H groups in total. The molecule has 0 unspecified atom stereocenters. The van der Waals surface area contributed by atoms with Crippen molar-refractivity contribution in [3.63, 3.8) is 0 Å². The van der Waals surface area contributed by atoms with Crippen molar-refractivity contribution < 1.29 is 9.59 Å². The Morgan fingerprint density at radius 3 is 2.94 bits per heavy atom. The van der Waals surface area contributed by atoms with Crippen LogP contribution in [0.5, 0.6) is 0 Å². The zero-order valence-electron chi connectivity index (χ0n) is 9.10. The maximum Gasteiger partial charge on any atom is 0.236 e. The first-order valence-corrected chi connectivity index (χ1v) is 6.55. The summed E-state index contributed by atoms with van der Waals surface area (Å²) in [7, 11) is 0. The highest BCUT2D eigenvalue weighted by Crippen LogP contribution is 2.27. The van der Waals surface area contributed by atoms with Crippen molar-refractivity contribution in [2.45, 2.75) is 6.42 Å². The molecule has 0 saturated heterocycles. The average molecular weight is 235 g/mol. The third-order valence-electron chi connectivity index (χ3n) is 2.63. The molecule has 0 saturated carbocycles. The van der Waals surface area contributed by atoms with Gasteiger partial charge in [0.1, 0.15) is 0 Å². The zero-order chi connectivity index (χ0) is 11.5. The number of Topliss-reactive ketones (excluding diaryl/α,β-unsaturated/α-hetero) is 1. The Bertz CT molecular complexity index is 431. The predicted molar refractivity (Wildman–Crippen MR) is 66.1 cm³/mol. The summed E-state index contributed by atoms with van der Waals surface area (Å²) in [5, 5.41) is 0. The molecule has 3 nitrogen and oxygen atoms in total. The van der Waals surface area contributed by atoms with E-state index < -0.39 is 0 Å². The maximum atomic E-state index is 11.9. The number of carbonyl (C=O) groups excluding carboxylic acids is 2. The molecule has 2 rings (SSSR count). The monoisotopic (exact) mass is 235 g/mol. The Balaban J connectivity index is 2.34. The molecule has 0 fully saturated rings. The van der Waals surface area contributed by atoms with Gasteiger partial charge in [-0.15, -0.1) is 0 Å². The van der Waals surface area contributed by atoms with Crippen molar-refractivity contribution in [1.29, 1.82) is 0 Å². The fourth-order valence-electron chi connectivity index (χ4n) is 1.87. The standard InChI is InChI=1S/C12H13NO2S/c1-16-8-12(15)13-7-6-11(14)9-4-2-3-5-10(9)13/h2-5H,6-8H2,1H3. The molecule has 1 amide bonds. The fourth-order valence-corrected chi connectivity index (χ4v) is 2.28. The highest BCUT2D eigenvalue weighted by atomic mass is 32.2. The van der Waals surface area contributed by atoms with Gasteiger partial charge in [0.2, 0.25) is 5.91 Å². The molecule has 0 spiro atoms. The van der Waals surface area contributed by atoms with E-state index in [0.29, 0.717) is 24.3 Å². The van der Waals surface area contributed by atoms with Gasteiger partial charge in [-0.1, -0.05) is 12.1 Å². The Morgan fingerprint density at radius 1 is 1.44 bits per heavy atom. The first kappa shape index (κ1) is 11.2. The second kappa shape index (κ2) is 4.70. The molecular formula is C12H13NO2S. The van der Waals surface area contributed by atoms with Gasteiger partial charge in [-0.2, -0.15) is 11.8 Å². The van der Waals surface area contributed by atoms with Crippen molar-refractivity contribution in [2.24, 2.45) is 0 Å². The SMILES string of the molecule is CSCC(=O)N1CCC(=O)c2ccccc21. The molecule has 0 radical (unpaired) electrons. The van der Waals surface area contributed by atoms with Gasteiger partial charge in [0.15, 0.2) is 5.78 Å². The number of benzene rings is 1. The van der Waals surface area contributed by atoms with Crippen LogP contribution in [0.1, 0.15) is 16.8 Å². The van der Waals surface area contributed by atoms with Crippen molar-refractivity contribution in [3.05, 3.63) is 29.8 Å². The molecule has 1 heterocycles. The van der Waals surface area contributed by atoms with Crippen molar-refractivity contribution >= 4 is 29.1 Å². The van der Waals surface area contributed by atoms with Crippen LogP contribution in [0.4, 0.5) is 5.69 Å². The lowest BCUT2D eigenvalue weighted by molar-refractivity contribution is -0.116. The van der Waals surface area contributed by atoms with Crippen molar-refractivity contribution in [2.75, 3.05) is 23.5 Å². The number of anilines is 1. The smallest absolute Gasteiger partial charge is 0.236 e. The molecule has 0 bridgehead atoms. The fraction of sp³-hybridized carbons (Fsp3) is 0.333. The number of nitrogens with zero attached hydrogens (tertiary/aromatic N) is 1. The molecule has 0 atom stereocenters. The van der Waals surface area contributed by atoms with Crippen LogP contribution >= 0.6 is 11.8 Å². The minimum atomic E-state index is 0.0763. The lowest BCUT2D eigenvalue weighted by Gasteiger charge is -2.28. The van der Waals surface area contributed by atoms with E-state index in [-0.39, 0.29) is 11.7 Å². The molecule has 1 aromatic carbocycles. The number of para-hydroxylation sites is 1. The number of amides is 1. The minimum Gasteiger partial charge on any atom is -0.311 e. The van der Waals surface area contributed by atoms with Gasteiger partial charge in [-0.3, -0.25) is 9.59 Å². The van der Waals surface area contributed by atoms with E-state index in [1.807, 2.05) is 24.5 Å². The summed E-state index contributed by atoms with van der Waals surface area (Å²) in [4.78, 5) is 25.2. The van der Waals surface area contributed by atoms with Crippen LogP contribution in [-0.4, -0.2) is 30.2 Å². The molecule has 1 aliphatic rings. The summed E-state index contributed by atoms with van der Waals surface area (Å²) in [5.41, 5.74) is 1.43. The van der Waals surface area contributed by atoms with Gasteiger partial charge in [-0.25, -0.2) is 0 Å². The Morgan fingerprint density at radius 2 is 2.19 bits per heavy atom. The number of ketones is 1. The summed E-state index contributed by atoms with van der Waals surface area (Å²) >= 11 is 1.50. The average Bonchev–Trinajstić information content (AvgIpc) is 2.30. The van der Waals surface area contributed by atoms with E-state index in [1.54, 1.807) is 11.0 Å². The highest BCUT2D eigenvalue weighted by molar-refractivity contribution is 7.99. The summed E-state index contributed by atoms with van der Waals surface area (Å²) in [6.45, 7) is 0.509. The highest BCUT2D eigenvalue weighted by Gasteiger charge is 2.26. The molecule has 1 aliphatic heterocycles. The van der Waals surface area contributed by atoms with Gasteiger partial charge in [0, 0.05) is 18.5 Å². The molecule has 0 aliphatic carbocycles. The molecule has 0 aromatic heterocycles. The normalized spacial score (nSPS) is 14.8. The summed E-state index contributed by atoms with van der Waals surface area (Å²) in [5.74, 6) is 0.666. The number of rotatable bonds is 2. The van der Waals surface area contributed by atoms with Crippen LogP contribution in [0.2, 0.25) is 0 Å². The predicted octanol–water partition coefficient (Wildman–Crippen LogP) is 1.97. The Hall–Kier alpha value is -1.29. The minimum absolute atomic E-state index is 0.0763. The van der Waals surface area contributed by atoms with E-state index in [2.05, 4.69) is 0 Å². The quantitative estimate of drug-likeness (QED) is 0.786. The van der Waals surface area contributed by atoms with Crippen LogP contribution in [0.15, 0.2) is 24.3 Å². The van der Waals surface area contributed by atoms with Gasteiger partial charge >= 0.3 is 0 Å². The molecule has 84 valence electrons. The second-order valence-electron chi connectivity index (χ2n) is 3.67.